The summed E-state index contributed by atoms with van der Waals surface area (Å²) in [5.74, 6) is 0.0591. The highest BCUT2D eigenvalue weighted by Crippen LogP contribution is 2.26. The number of rotatable bonds is 5. The van der Waals surface area contributed by atoms with Crippen molar-refractivity contribution in [3.05, 3.63) is 84.4 Å². The van der Waals surface area contributed by atoms with E-state index in [1.54, 1.807) is 12.5 Å². The summed E-state index contributed by atoms with van der Waals surface area (Å²) in [4.78, 5) is 16.7. The van der Waals surface area contributed by atoms with Crippen molar-refractivity contribution in [1.29, 1.82) is 0 Å². The molecule has 2 N–H and O–H groups in total. The van der Waals surface area contributed by atoms with Gasteiger partial charge in [0.2, 0.25) is 5.91 Å². The van der Waals surface area contributed by atoms with Gasteiger partial charge in [0.15, 0.2) is 0 Å². The Morgan fingerprint density at radius 1 is 1.07 bits per heavy atom. The van der Waals surface area contributed by atoms with Gasteiger partial charge in [-0.05, 0) is 30.0 Å². The van der Waals surface area contributed by atoms with Crippen molar-refractivity contribution in [2.75, 3.05) is 0 Å². The number of carbonyl (C=O) groups excluding carboxylic acids is 1. The smallest absolute Gasteiger partial charge is 0.237 e. The van der Waals surface area contributed by atoms with Crippen molar-refractivity contribution in [3.63, 3.8) is 0 Å². The number of halogens is 2. The van der Waals surface area contributed by atoms with E-state index in [2.05, 4.69) is 27.8 Å². The van der Waals surface area contributed by atoms with E-state index in [0.717, 1.165) is 24.1 Å². The molecule has 2 aromatic carbocycles. The number of hydrogen-bond acceptors (Lipinski definition) is 3. The van der Waals surface area contributed by atoms with Crippen LogP contribution in [0.2, 0.25) is 0 Å². The topological polar surface area (TPSA) is 59.0 Å². The van der Waals surface area contributed by atoms with Crippen LogP contribution in [0.15, 0.2) is 73.3 Å². The maximum atomic E-state index is 12.6. The Labute approximate surface area is 177 Å². The molecule has 28 heavy (non-hydrogen) atoms. The Kier molecular flexibility index (Phi) is 8.05. The lowest BCUT2D eigenvalue weighted by Crippen LogP contribution is -2.40. The third kappa shape index (κ3) is 4.93. The van der Waals surface area contributed by atoms with Crippen LogP contribution in [0, 0.1) is 0 Å². The number of amides is 1. The second kappa shape index (κ2) is 10.3. The average Bonchev–Trinajstić information content (AvgIpc) is 3.39. The van der Waals surface area contributed by atoms with Crippen LogP contribution >= 0.6 is 24.8 Å². The lowest BCUT2D eigenvalue weighted by molar-refractivity contribution is -0.123. The van der Waals surface area contributed by atoms with E-state index in [1.165, 1.54) is 5.56 Å². The summed E-state index contributed by atoms with van der Waals surface area (Å²) in [6.07, 6.45) is 7.26. The van der Waals surface area contributed by atoms with Gasteiger partial charge in [-0.3, -0.25) is 10.1 Å². The summed E-state index contributed by atoms with van der Waals surface area (Å²) in [7, 11) is 0. The van der Waals surface area contributed by atoms with Gasteiger partial charge in [0, 0.05) is 25.0 Å². The lowest BCUT2D eigenvalue weighted by Gasteiger charge is -2.16. The third-order valence-corrected chi connectivity index (χ3v) is 4.89. The zero-order chi connectivity index (χ0) is 17.8. The molecule has 2 atom stereocenters. The molecule has 1 amide bonds. The molecule has 1 aromatic heterocycles. The molecule has 2 heterocycles. The van der Waals surface area contributed by atoms with E-state index in [1.807, 2.05) is 53.2 Å². The molecular formula is C21H24Cl2N4O. The molecule has 1 aliphatic rings. The van der Waals surface area contributed by atoms with Gasteiger partial charge in [-0.1, -0.05) is 48.5 Å². The Balaban J connectivity index is 0.00000140. The fourth-order valence-corrected chi connectivity index (χ4v) is 3.52. The van der Waals surface area contributed by atoms with E-state index >= 15 is 0 Å². The minimum absolute atomic E-state index is 0. The summed E-state index contributed by atoms with van der Waals surface area (Å²) >= 11 is 0. The fourth-order valence-electron chi connectivity index (χ4n) is 3.52. The quantitative estimate of drug-likeness (QED) is 0.661. The first-order valence-electron chi connectivity index (χ1n) is 8.96. The van der Waals surface area contributed by atoms with Crippen LogP contribution in [-0.4, -0.2) is 21.5 Å². The Hall–Kier alpha value is -2.34. The van der Waals surface area contributed by atoms with Gasteiger partial charge in [0.1, 0.15) is 0 Å². The molecular weight excluding hydrogens is 395 g/mol. The van der Waals surface area contributed by atoms with Gasteiger partial charge >= 0.3 is 0 Å². The molecule has 3 aromatic rings. The predicted octanol–water partition coefficient (Wildman–Crippen LogP) is 3.83. The molecule has 0 saturated carbocycles. The lowest BCUT2D eigenvalue weighted by atomic mass is 10.1. The van der Waals surface area contributed by atoms with E-state index < -0.39 is 0 Å². The normalized spacial score (nSPS) is 18.0. The summed E-state index contributed by atoms with van der Waals surface area (Å²) in [6, 6.07) is 18.5. The van der Waals surface area contributed by atoms with Crippen LogP contribution in [0.4, 0.5) is 0 Å². The van der Waals surface area contributed by atoms with E-state index in [4.69, 9.17) is 0 Å². The maximum absolute atomic E-state index is 12.6. The second-order valence-electron chi connectivity index (χ2n) is 6.58. The Bertz CT molecular complexity index is 871. The summed E-state index contributed by atoms with van der Waals surface area (Å²) in [6.45, 7) is 0.501. The van der Waals surface area contributed by atoms with Crippen molar-refractivity contribution in [1.82, 2.24) is 20.2 Å². The predicted molar refractivity (Wildman–Crippen MR) is 115 cm³/mol. The fraction of sp³-hybridized carbons (Fsp3) is 0.238. The van der Waals surface area contributed by atoms with Gasteiger partial charge in [-0.2, -0.15) is 0 Å². The molecule has 0 unspecified atom stereocenters. The van der Waals surface area contributed by atoms with Crippen molar-refractivity contribution < 1.29 is 4.79 Å². The zero-order valence-corrected chi connectivity index (χ0v) is 17.0. The molecule has 1 aliphatic heterocycles. The molecule has 4 rings (SSSR count). The van der Waals surface area contributed by atoms with Crippen LogP contribution in [0.25, 0.3) is 5.69 Å². The van der Waals surface area contributed by atoms with Crippen LogP contribution in [-0.2, 0) is 11.3 Å². The second-order valence-corrected chi connectivity index (χ2v) is 6.58. The number of hydrogen-bond donors (Lipinski definition) is 2. The number of imidazole rings is 1. The number of aromatic nitrogens is 2. The van der Waals surface area contributed by atoms with Crippen molar-refractivity contribution in [2.45, 2.75) is 31.5 Å². The van der Waals surface area contributed by atoms with E-state index in [-0.39, 0.29) is 42.8 Å². The molecule has 5 nitrogen and oxygen atoms in total. The van der Waals surface area contributed by atoms with Gasteiger partial charge < -0.3 is 9.88 Å². The molecule has 7 heteroatoms. The largest absolute Gasteiger partial charge is 0.351 e. The Morgan fingerprint density at radius 3 is 2.57 bits per heavy atom. The molecule has 0 radical (unpaired) electrons. The summed E-state index contributed by atoms with van der Waals surface area (Å²) in [5.41, 5.74) is 3.34. The molecule has 0 bridgehead atoms. The minimum Gasteiger partial charge on any atom is -0.351 e. The molecule has 1 saturated heterocycles. The minimum atomic E-state index is -0.138. The number of nitrogens with one attached hydrogen (secondary N) is 2. The monoisotopic (exact) mass is 418 g/mol. The third-order valence-electron chi connectivity index (χ3n) is 4.89. The first-order valence-corrected chi connectivity index (χ1v) is 8.96. The maximum Gasteiger partial charge on any atom is 0.237 e. The van der Waals surface area contributed by atoms with Crippen molar-refractivity contribution >= 4 is 30.7 Å². The van der Waals surface area contributed by atoms with Gasteiger partial charge in [0.25, 0.3) is 0 Å². The first kappa shape index (κ1) is 22.0. The molecule has 0 aliphatic carbocycles. The molecule has 1 fully saturated rings. The van der Waals surface area contributed by atoms with Crippen LogP contribution in [0.1, 0.15) is 30.0 Å². The number of carbonyl (C=O) groups is 1. The highest BCUT2D eigenvalue weighted by molar-refractivity contribution is 5.85. The highest BCUT2D eigenvalue weighted by atomic mass is 35.5. The standard InChI is InChI=1S/C21H22N4O.2ClH/c26-21(19-11-10-18(24-19)16-6-2-1-3-7-16)23-14-17-8-4-5-9-20(17)25-13-12-22-15-25;;/h1-9,12-13,15,18-19,24H,10-11,14H2,(H,23,26);2*1H/t18-,19-;;/m1../s1. The highest BCUT2D eigenvalue weighted by Gasteiger charge is 2.29. The van der Waals surface area contributed by atoms with Gasteiger partial charge in [-0.15, -0.1) is 24.8 Å². The summed E-state index contributed by atoms with van der Waals surface area (Å²) < 4.78 is 1.96. The first-order chi connectivity index (χ1) is 12.8. The number of benzene rings is 2. The van der Waals surface area contributed by atoms with Crippen molar-refractivity contribution in [3.8, 4) is 5.69 Å². The SMILES string of the molecule is Cl.Cl.O=C(NCc1ccccc1-n1ccnc1)[C@H]1CC[C@H](c2ccccc2)N1. The van der Waals surface area contributed by atoms with Crippen LogP contribution in [0.3, 0.4) is 0 Å². The van der Waals surface area contributed by atoms with Crippen LogP contribution < -0.4 is 10.6 Å². The average molecular weight is 419 g/mol. The molecule has 0 spiro atoms. The van der Waals surface area contributed by atoms with Crippen LogP contribution in [0.5, 0.6) is 0 Å². The Morgan fingerprint density at radius 2 is 1.82 bits per heavy atom. The summed E-state index contributed by atoms with van der Waals surface area (Å²) in [5, 5.41) is 6.54. The van der Waals surface area contributed by atoms with E-state index in [9.17, 15) is 4.79 Å². The molecule has 148 valence electrons. The number of para-hydroxylation sites is 1. The number of nitrogens with zero attached hydrogens (tertiary/aromatic N) is 2. The van der Waals surface area contributed by atoms with Gasteiger partial charge in [0.05, 0.1) is 18.1 Å². The van der Waals surface area contributed by atoms with Gasteiger partial charge in [-0.25, -0.2) is 4.98 Å². The van der Waals surface area contributed by atoms with Crippen molar-refractivity contribution in [2.24, 2.45) is 0 Å². The zero-order valence-electron chi connectivity index (χ0n) is 15.3. The van der Waals surface area contributed by atoms with E-state index in [0.29, 0.717) is 6.54 Å².